The number of ether oxygens (including phenoxy) is 1. The largest absolute Gasteiger partial charge is 0.457 e. The highest BCUT2D eigenvalue weighted by Gasteiger charge is 2.45. The van der Waals surface area contributed by atoms with E-state index in [9.17, 15) is 48.5 Å². The van der Waals surface area contributed by atoms with Crippen molar-refractivity contribution in [1.82, 2.24) is 10.6 Å². The third-order valence-electron chi connectivity index (χ3n) is 14.4. The van der Waals surface area contributed by atoms with Gasteiger partial charge in [0.15, 0.2) is 5.71 Å². The Bertz CT molecular complexity index is 3120. The minimum Gasteiger partial charge on any atom is -0.457 e. The maximum absolute atomic E-state index is 12.9. The Hall–Kier alpha value is -5.44. The first-order valence-corrected chi connectivity index (χ1v) is 29.5. The van der Waals surface area contributed by atoms with E-state index in [-0.39, 0.29) is 32.5 Å². The van der Waals surface area contributed by atoms with Crippen molar-refractivity contribution in [2.24, 2.45) is 0 Å². The first kappa shape index (κ1) is 55.3. The lowest BCUT2D eigenvalue weighted by Gasteiger charge is -2.27. The van der Waals surface area contributed by atoms with E-state index in [0.29, 0.717) is 87.2 Å². The van der Waals surface area contributed by atoms with Crippen molar-refractivity contribution in [1.29, 1.82) is 0 Å². The van der Waals surface area contributed by atoms with Crippen molar-refractivity contribution in [2.45, 2.75) is 156 Å². The van der Waals surface area contributed by atoms with Gasteiger partial charge in [-0.2, -0.15) is 29.8 Å². The molecule has 2 amide bonds. The van der Waals surface area contributed by atoms with Crippen molar-refractivity contribution in [2.75, 3.05) is 24.5 Å². The molecule has 0 radical (unpaired) electrons. The Morgan fingerprint density at radius 1 is 0.644 bits per heavy atom. The van der Waals surface area contributed by atoms with Crippen LogP contribution in [-0.2, 0) is 50.8 Å². The highest BCUT2D eigenvalue weighted by atomic mass is 32.2. The summed E-state index contributed by atoms with van der Waals surface area (Å²) in [5, 5.41) is 6.14. The smallest absolute Gasteiger partial charge is 0.294 e. The number of carbonyl (C=O) groups excluding carboxylic acids is 2. The van der Waals surface area contributed by atoms with Crippen molar-refractivity contribution in [3.8, 4) is 5.75 Å². The van der Waals surface area contributed by atoms with Crippen molar-refractivity contribution >= 4 is 59.3 Å². The van der Waals surface area contributed by atoms with Gasteiger partial charge in [-0.25, -0.2) is 0 Å². The predicted octanol–water partition coefficient (Wildman–Crippen LogP) is 9.41. The molecule has 3 aliphatic heterocycles. The van der Waals surface area contributed by atoms with E-state index in [1.807, 2.05) is 58.9 Å². The summed E-state index contributed by atoms with van der Waals surface area (Å²) in [7, 11) is -13.5. The fourth-order valence-corrected chi connectivity index (χ4v) is 11.9. The van der Waals surface area contributed by atoms with Crippen LogP contribution in [0.5, 0.6) is 5.75 Å². The molecule has 4 aliphatic rings. The van der Waals surface area contributed by atoms with Gasteiger partial charge in [-0.15, -0.1) is 0 Å². The summed E-state index contributed by atoms with van der Waals surface area (Å²) in [6.07, 6.45) is 17.4. The van der Waals surface area contributed by atoms with Gasteiger partial charge in [0.2, 0.25) is 17.5 Å². The third kappa shape index (κ3) is 13.3. The van der Waals surface area contributed by atoms with Gasteiger partial charge >= 0.3 is 0 Å². The first-order valence-electron chi connectivity index (χ1n) is 25.2. The van der Waals surface area contributed by atoms with E-state index >= 15 is 0 Å². The molecule has 1 unspecified atom stereocenters. The maximum atomic E-state index is 12.9. The monoisotopic (exact) mass is 1060 g/mol. The van der Waals surface area contributed by atoms with Crippen molar-refractivity contribution in [3.63, 3.8) is 0 Å². The molecule has 0 spiro atoms. The number of anilines is 1. The van der Waals surface area contributed by atoms with Crippen molar-refractivity contribution < 1.29 is 57.8 Å². The lowest BCUT2D eigenvalue weighted by atomic mass is 9.81. The van der Waals surface area contributed by atoms with E-state index in [1.165, 1.54) is 48.5 Å². The van der Waals surface area contributed by atoms with E-state index in [1.54, 1.807) is 12.1 Å². The predicted molar refractivity (Wildman–Crippen MR) is 280 cm³/mol. The first-order chi connectivity index (χ1) is 34.4. The summed E-state index contributed by atoms with van der Waals surface area (Å²) in [5.41, 5.74) is 4.93. The summed E-state index contributed by atoms with van der Waals surface area (Å²) < 4.78 is 112. The average molecular weight is 1060 g/mol. The molecule has 3 aromatic carbocycles. The lowest BCUT2D eigenvalue weighted by Crippen LogP contribution is -2.32. The number of allylic oxidation sites excluding steroid dienone is 7. The molecule has 0 saturated carbocycles. The second-order valence-corrected chi connectivity index (χ2v) is 24.8. The summed E-state index contributed by atoms with van der Waals surface area (Å²) >= 11 is 0. The molecular weight excluding hydrogens is 993 g/mol. The van der Waals surface area contributed by atoms with Crippen LogP contribution in [0.1, 0.15) is 136 Å². The number of benzene rings is 3. The molecule has 2 bridgehead atoms. The molecule has 0 fully saturated rings. The number of amides is 2. The highest BCUT2D eigenvalue weighted by Crippen LogP contribution is 2.49. The Kier molecular flexibility index (Phi) is 17.1. The van der Waals surface area contributed by atoms with E-state index in [0.717, 1.165) is 78.9 Å². The van der Waals surface area contributed by atoms with Crippen LogP contribution in [0, 0.1) is 0 Å². The number of nitrogens with one attached hydrogen (secondary N) is 2. The van der Waals surface area contributed by atoms with E-state index in [4.69, 9.17) is 4.74 Å². The average Bonchev–Trinajstić information content (AvgIpc) is 3.66. The van der Waals surface area contributed by atoms with Gasteiger partial charge in [-0.3, -0.25) is 23.2 Å². The molecule has 16 nitrogen and oxygen atoms in total. The summed E-state index contributed by atoms with van der Waals surface area (Å²) in [5.74, 6) is 0.806. The van der Waals surface area contributed by atoms with Crippen LogP contribution in [0.3, 0.4) is 0 Å². The number of hydrogen-bond acceptors (Lipinski definition) is 10. The molecule has 0 saturated heterocycles. The molecule has 1 atom stereocenters. The normalized spacial score (nSPS) is 23.0. The Balaban J connectivity index is 1.33. The summed E-state index contributed by atoms with van der Waals surface area (Å²) in [4.78, 5) is 27.2. The molecule has 3 aromatic rings. The van der Waals surface area contributed by atoms with Gasteiger partial charge in [0.1, 0.15) is 18.1 Å². The fourth-order valence-electron chi connectivity index (χ4n) is 10.4. The zero-order valence-corrected chi connectivity index (χ0v) is 44.8. The van der Waals surface area contributed by atoms with Crippen LogP contribution >= 0.6 is 0 Å². The van der Waals surface area contributed by atoms with Gasteiger partial charge in [-0.1, -0.05) is 26.3 Å². The molecule has 394 valence electrons. The van der Waals surface area contributed by atoms with Gasteiger partial charge < -0.3 is 20.3 Å². The number of fused-ring (bicyclic) bond motifs is 6. The zero-order chi connectivity index (χ0) is 52.9. The molecule has 7 rings (SSSR count). The van der Waals surface area contributed by atoms with Gasteiger partial charge in [0.25, 0.3) is 30.4 Å². The Labute approximate surface area is 430 Å². The maximum Gasteiger partial charge on any atom is 0.294 e. The topological polar surface area (TPSA) is 237 Å². The number of rotatable bonds is 5. The van der Waals surface area contributed by atoms with Gasteiger partial charge in [-0.05, 0) is 168 Å². The molecule has 73 heavy (non-hydrogen) atoms. The molecular formula is C54H69N4O12S3+. The number of hydrogen-bond donors (Lipinski definition) is 5. The molecule has 19 heteroatoms. The van der Waals surface area contributed by atoms with Crippen LogP contribution in [0.15, 0.2) is 122 Å². The van der Waals surface area contributed by atoms with Gasteiger partial charge in [0.05, 0.1) is 20.1 Å². The quantitative estimate of drug-likeness (QED) is 0.118. The fraction of sp³-hybridized carbons (Fsp3) is 0.463. The van der Waals surface area contributed by atoms with E-state index in [2.05, 4.69) is 20.1 Å². The number of carbonyl (C=O) groups is 2. The van der Waals surface area contributed by atoms with Crippen LogP contribution in [0.2, 0.25) is 0 Å². The SMILES string of the molecule is CC1CCCCNC(=O)CCCCC[N+]2=C(/C=C/C3=C(Oc4ccc(S(=O)(=O)O)cc4)C(=C/C=C4/N(CCCCCC(=O)N1)c1ccc(S(=O)(=O)O)cc1C4(C)C)/CCC3)C(C)(C)c1cc(S(=O)(=O)O)ccc12. The minimum atomic E-state index is -4.51. The molecule has 3 heterocycles. The van der Waals surface area contributed by atoms with Crippen LogP contribution in [0.4, 0.5) is 11.4 Å². The standard InChI is InChI=1S/C54H68N4O12S3/c1-37-15-10-11-32-55-50(59)18-8-6-12-33-57-46-28-26-42(72(64,65)66)35-44(46)53(2,3)48(57)30-20-38-16-14-17-39(52(38)70-40-22-24-41(25-23-40)71(61,62)63)21-31-49-54(4,5)45-36-43(73(67,68)69)27-29-47(45)58(49)34-13-7-9-19-51(60)56-37/h20-31,35-37H,6-19,32-34H2,1-5H3,(H4-,55,56,59,60,61,62,63,64,65,66,67,68,69)/p+1. The highest BCUT2D eigenvalue weighted by molar-refractivity contribution is 7.86. The second kappa shape index (κ2) is 22.6. The molecule has 1 aliphatic carbocycles. The summed E-state index contributed by atoms with van der Waals surface area (Å²) in [6.45, 7) is 11.6. The number of nitrogens with zero attached hydrogens (tertiary/aromatic N) is 2. The van der Waals surface area contributed by atoms with Gasteiger partial charge in [0, 0.05) is 72.9 Å². The van der Waals surface area contributed by atoms with Crippen LogP contribution in [-0.4, -0.2) is 86.7 Å². The van der Waals surface area contributed by atoms with Crippen molar-refractivity contribution in [3.05, 3.63) is 119 Å². The third-order valence-corrected chi connectivity index (χ3v) is 17.0. The molecule has 5 N–H and O–H groups in total. The van der Waals surface area contributed by atoms with Crippen LogP contribution in [0.25, 0.3) is 0 Å². The Morgan fingerprint density at radius 3 is 1.96 bits per heavy atom. The Morgan fingerprint density at radius 2 is 1.27 bits per heavy atom. The zero-order valence-electron chi connectivity index (χ0n) is 42.3. The lowest BCUT2D eigenvalue weighted by molar-refractivity contribution is -0.438. The minimum absolute atomic E-state index is 0.0147. The van der Waals surface area contributed by atoms with Crippen LogP contribution < -0.4 is 20.3 Å². The molecule has 0 aromatic heterocycles. The van der Waals surface area contributed by atoms with E-state index < -0.39 is 41.2 Å². The summed E-state index contributed by atoms with van der Waals surface area (Å²) in [6, 6.07) is 14.7. The second-order valence-electron chi connectivity index (χ2n) is 20.5.